The first-order valence-corrected chi connectivity index (χ1v) is 5.93. The summed E-state index contributed by atoms with van der Waals surface area (Å²) >= 11 is 1.72. The van der Waals surface area contributed by atoms with Crippen molar-refractivity contribution in [1.82, 2.24) is 25.5 Å². The lowest BCUT2D eigenvalue weighted by Gasteiger charge is -2.22. The van der Waals surface area contributed by atoms with Crippen molar-refractivity contribution in [2.24, 2.45) is 7.05 Å². The number of aromatic nitrogens is 4. The average Bonchev–Trinajstić information content (AvgIpc) is 2.63. The Morgan fingerprint density at radius 3 is 3.00 bits per heavy atom. The van der Waals surface area contributed by atoms with E-state index in [4.69, 9.17) is 0 Å². The highest BCUT2D eigenvalue weighted by atomic mass is 35.5. The number of halogens is 1. The molecule has 7 heteroatoms. The minimum Gasteiger partial charge on any atom is -0.313 e. The van der Waals surface area contributed by atoms with E-state index in [1.807, 2.05) is 7.05 Å². The normalized spacial score (nSPS) is 21.0. The number of nitrogens with zero attached hydrogens (tertiary/aromatic N) is 4. The highest BCUT2D eigenvalue weighted by Crippen LogP contribution is 2.17. The third-order valence-electron chi connectivity index (χ3n) is 2.41. The van der Waals surface area contributed by atoms with Crippen molar-refractivity contribution in [3.63, 3.8) is 0 Å². The topological polar surface area (TPSA) is 55.6 Å². The van der Waals surface area contributed by atoms with Crippen LogP contribution in [0.25, 0.3) is 0 Å². The van der Waals surface area contributed by atoms with Crippen LogP contribution in [0.15, 0.2) is 5.16 Å². The molecule has 0 aromatic carbocycles. The number of thioether (sulfide) groups is 1. The van der Waals surface area contributed by atoms with Crippen molar-refractivity contribution >= 4 is 24.2 Å². The third kappa shape index (κ3) is 3.62. The van der Waals surface area contributed by atoms with Gasteiger partial charge < -0.3 is 5.32 Å². The number of aryl methyl sites for hydroxylation is 1. The molecule has 1 aromatic rings. The fourth-order valence-corrected chi connectivity index (χ4v) is 2.54. The van der Waals surface area contributed by atoms with Crippen LogP contribution in [-0.2, 0) is 7.05 Å². The van der Waals surface area contributed by atoms with Gasteiger partial charge in [0, 0.05) is 18.8 Å². The van der Waals surface area contributed by atoms with E-state index in [2.05, 4.69) is 20.8 Å². The Hall–Kier alpha value is -0.330. The number of hydrogen-bond acceptors (Lipinski definition) is 5. The minimum absolute atomic E-state index is 0. The summed E-state index contributed by atoms with van der Waals surface area (Å²) in [5, 5.41) is 15.7. The second kappa shape index (κ2) is 6.30. The van der Waals surface area contributed by atoms with Gasteiger partial charge in [-0.05, 0) is 29.8 Å². The SMILES string of the molecule is Cl.Cn1nnnc1SCC1CCCCN1. The summed E-state index contributed by atoms with van der Waals surface area (Å²) in [5.74, 6) is 1.06. The van der Waals surface area contributed by atoms with E-state index in [9.17, 15) is 0 Å². The summed E-state index contributed by atoms with van der Waals surface area (Å²) in [6.07, 6.45) is 3.93. The molecular weight excluding hydrogens is 234 g/mol. The predicted molar refractivity (Wildman–Crippen MR) is 62.4 cm³/mol. The number of nitrogens with one attached hydrogen (secondary N) is 1. The summed E-state index contributed by atoms with van der Waals surface area (Å²) in [6, 6.07) is 0.630. The van der Waals surface area contributed by atoms with Gasteiger partial charge in [-0.2, -0.15) is 0 Å². The molecule has 0 bridgehead atoms. The van der Waals surface area contributed by atoms with Gasteiger partial charge in [0.2, 0.25) is 5.16 Å². The molecule has 1 aromatic heterocycles. The number of piperidine rings is 1. The summed E-state index contributed by atoms with van der Waals surface area (Å²) in [4.78, 5) is 0. The van der Waals surface area contributed by atoms with E-state index in [0.717, 1.165) is 17.5 Å². The fourth-order valence-electron chi connectivity index (χ4n) is 1.58. The molecule has 1 fully saturated rings. The third-order valence-corrected chi connectivity index (χ3v) is 3.58. The van der Waals surface area contributed by atoms with Crippen LogP contribution < -0.4 is 5.32 Å². The Morgan fingerprint density at radius 2 is 2.40 bits per heavy atom. The van der Waals surface area contributed by atoms with Crippen molar-refractivity contribution in [1.29, 1.82) is 0 Å². The first kappa shape index (κ1) is 12.7. The van der Waals surface area contributed by atoms with Crippen LogP contribution >= 0.6 is 24.2 Å². The Labute approximate surface area is 99.8 Å². The number of hydrogen-bond donors (Lipinski definition) is 1. The second-order valence-corrected chi connectivity index (χ2v) is 4.53. The lowest BCUT2D eigenvalue weighted by atomic mass is 10.1. The van der Waals surface area contributed by atoms with Crippen LogP contribution in [0.2, 0.25) is 0 Å². The van der Waals surface area contributed by atoms with E-state index >= 15 is 0 Å². The Morgan fingerprint density at radius 1 is 1.53 bits per heavy atom. The summed E-state index contributed by atoms with van der Waals surface area (Å²) in [6.45, 7) is 1.16. The monoisotopic (exact) mass is 249 g/mol. The van der Waals surface area contributed by atoms with Gasteiger partial charge >= 0.3 is 0 Å². The Kier molecular flexibility index (Phi) is 5.35. The van der Waals surface area contributed by atoms with Crippen LogP contribution in [0, 0.1) is 0 Å². The van der Waals surface area contributed by atoms with Crippen molar-refractivity contribution in [3.8, 4) is 0 Å². The van der Waals surface area contributed by atoms with Crippen LogP contribution in [0.4, 0.5) is 0 Å². The zero-order chi connectivity index (χ0) is 9.80. The zero-order valence-electron chi connectivity index (χ0n) is 8.72. The van der Waals surface area contributed by atoms with Crippen LogP contribution in [0.1, 0.15) is 19.3 Å². The number of rotatable bonds is 3. The summed E-state index contributed by atoms with van der Waals surface area (Å²) in [5.41, 5.74) is 0. The highest BCUT2D eigenvalue weighted by Gasteiger charge is 2.14. The first-order valence-electron chi connectivity index (χ1n) is 4.95. The molecule has 15 heavy (non-hydrogen) atoms. The quantitative estimate of drug-likeness (QED) is 0.806. The first-order chi connectivity index (χ1) is 6.86. The van der Waals surface area contributed by atoms with Gasteiger partial charge in [0.05, 0.1) is 0 Å². The maximum atomic E-state index is 3.94. The zero-order valence-corrected chi connectivity index (χ0v) is 10.4. The molecule has 0 radical (unpaired) electrons. The van der Waals surface area contributed by atoms with E-state index in [0.29, 0.717) is 6.04 Å². The van der Waals surface area contributed by atoms with Gasteiger partial charge in [-0.3, -0.25) is 0 Å². The molecule has 1 aliphatic heterocycles. The molecule has 1 N–H and O–H groups in total. The van der Waals surface area contributed by atoms with E-state index in [-0.39, 0.29) is 12.4 Å². The lowest BCUT2D eigenvalue weighted by Crippen LogP contribution is -2.35. The molecule has 2 rings (SSSR count). The molecule has 86 valence electrons. The molecule has 0 aliphatic carbocycles. The molecule has 1 unspecified atom stereocenters. The predicted octanol–water partition coefficient (Wildman–Crippen LogP) is 0.866. The molecule has 1 aliphatic rings. The molecular formula is C8H16ClN5S. The van der Waals surface area contributed by atoms with Gasteiger partial charge in [0.15, 0.2) is 0 Å². The van der Waals surface area contributed by atoms with Crippen molar-refractivity contribution in [2.45, 2.75) is 30.5 Å². The smallest absolute Gasteiger partial charge is 0.209 e. The molecule has 0 amide bonds. The van der Waals surface area contributed by atoms with E-state index < -0.39 is 0 Å². The molecule has 0 spiro atoms. The van der Waals surface area contributed by atoms with Crippen LogP contribution in [0.3, 0.4) is 0 Å². The van der Waals surface area contributed by atoms with Gasteiger partial charge in [0.1, 0.15) is 0 Å². The number of tetrazole rings is 1. The van der Waals surface area contributed by atoms with Crippen LogP contribution in [0.5, 0.6) is 0 Å². The Bertz CT molecular complexity index is 286. The Balaban J connectivity index is 0.00000112. The largest absolute Gasteiger partial charge is 0.313 e. The highest BCUT2D eigenvalue weighted by molar-refractivity contribution is 7.99. The van der Waals surface area contributed by atoms with Gasteiger partial charge in [0.25, 0.3) is 0 Å². The van der Waals surface area contributed by atoms with Crippen molar-refractivity contribution in [3.05, 3.63) is 0 Å². The summed E-state index contributed by atoms with van der Waals surface area (Å²) < 4.78 is 1.72. The molecule has 5 nitrogen and oxygen atoms in total. The average molecular weight is 250 g/mol. The second-order valence-electron chi connectivity index (χ2n) is 3.54. The summed E-state index contributed by atoms with van der Waals surface area (Å²) in [7, 11) is 1.87. The maximum Gasteiger partial charge on any atom is 0.209 e. The standard InChI is InChI=1S/C8H15N5S.ClH/c1-13-8(10-11-12-13)14-6-7-4-2-3-5-9-7;/h7,9H,2-6H2,1H3;1H. The van der Waals surface area contributed by atoms with E-state index in [1.165, 1.54) is 19.3 Å². The lowest BCUT2D eigenvalue weighted by molar-refractivity contribution is 0.429. The molecule has 0 saturated carbocycles. The fraction of sp³-hybridized carbons (Fsp3) is 0.875. The maximum absolute atomic E-state index is 3.94. The van der Waals surface area contributed by atoms with Crippen molar-refractivity contribution < 1.29 is 0 Å². The molecule has 1 atom stereocenters. The van der Waals surface area contributed by atoms with Crippen molar-refractivity contribution in [2.75, 3.05) is 12.3 Å². The minimum atomic E-state index is 0. The molecule has 1 saturated heterocycles. The van der Waals surface area contributed by atoms with Crippen LogP contribution in [-0.4, -0.2) is 38.5 Å². The molecule has 2 heterocycles. The van der Waals surface area contributed by atoms with E-state index in [1.54, 1.807) is 16.4 Å². The van der Waals surface area contributed by atoms with Gasteiger partial charge in [-0.25, -0.2) is 4.68 Å². The van der Waals surface area contributed by atoms with Gasteiger partial charge in [-0.15, -0.1) is 17.5 Å². The van der Waals surface area contributed by atoms with Gasteiger partial charge in [-0.1, -0.05) is 18.2 Å².